The molecule has 1 saturated heterocycles. The molecule has 1 aromatic carbocycles. The molecular formula is C17H29NO4S. The number of nitrogens with zero attached hydrogens (tertiary/aromatic N) is 1. The topological polar surface area (TPSA) is 55.8 Å². The van der Waals surface area contributed by atoms with E-state index in [4.69, 9.17) is 9.47 Å². The quantitative estimate of drug-likeness (QED) is 0.842. The van der Waals surface area contributed by atoms with E-state index in [-0.39, 0.29) is 6.10 Å². The monoisotopic (exact) mass is 343 g/mol. The van der Waals surface area contributed by atoms with E-state index < -0.39 is 10.0 Å². The molecule has 1 aromatic rings. The molecule has 0 N–H and O–H groups in total. The van der Waals surface area contributed by atoms with Gasteiger partial charge in [0.1, 0.15) is 5.75 Å². The summed E-state index contributed by atoms with van der Waals surface area (Å²) < 4.78 is 37.4. The normalized spacial score (nSPS) is 16.6. The summed E-state index contributed by atoms with van der Waals surface area (Å²) >= 11 is 0. The van der Waals surface area contributed by atoms with Gasteiger partial charge in [0.25, 0.3) is 0 Å². The molecule has 0 saturated carbocycles. The Labute approximate surface area is 140 Å². The molecule has 0 amide bonds. The highest BCUT2D eigenvalue weighted by Gasteiger charge is 2.30. The smallest absolute Gasteiger partial charge is 0.243 e. The summed E-state index contributed by atoms with van der Waals surface area (Å²) in [5.74, 6) is 0.595. The maximum atomic E-state index is 12.7. The van der Waals surface area contributed by atoms with Crippen LogP contribution in [0, 0.1) is 6.92 Å². The van der Waals surface area contributed by atoms with Crippen LogP contribution in [-0.2, 0) is 14.8 Å². The molecule has 0 atom stereocenters. The Morgan fingerprint density at radius 3 is 2.22 bits per heavy atom. The van der Waals surface area contributed by atoms with E-state index in [1.54, 1.807) is 39.3 Å². The van der Waals surface area contributed by atoms with Crippen molar-refractivity contribution in [2.24, 2.45) is 0 Å². The zero-order valence-corrected chi connectivity index (χ0v) is 15.6. The van der Waals surface area contributed by atoms with E-state index in [9.17, 15) is 8.42 Å². The molecule has 0 radical (unpaired) electrons. The average Bonchev–Trinajstić information content (AvgIpc) is 2.55. The zero-order chi connectivity index (χ0) is 17.5. The van der Waals surface area contributed by atoms with Crippen molar-refractivity contribution in [1.82, 2.24) is 4.31 Å². The second-order valence-corrected chi connectivity index (χ2v) is 7.54. The van der Waals surface area contributed by atoms with Gasteiger partial charge in [-0.3, -0.25) is 0 Å². The van der Waals surface area contributed by atoms with Crippen molar-refractivity contribution in [2.75, 3.05) is 27.3 Å². The lowest BCUT2D eigenvalue weighted by molar-refractivity contribution is 0.0604. The first-order chi connectivity index (χ1) is 10.9. The molecule has 2 rings (SSSR count). The van der Waals surface area contributed by atoms with Gasteiger partial charge in [0.15, 0.2) is 0 Å². The van der Waals surface area contributed by atoms with Gasteiger partial charge in [-0.1, -0.05) is 26.3 Å². The van der Waals surface area contributed by atoms with E-state index in [1.807, 2.05) is 0 Å². The highest BCUT2D eigenvalue weighted by Crippen LogP contribution is 2.28. The molecule has 1 aliphatic rings. The molecule has 23 heavy (non-hydrogen) atoms. The molecule has 6 heteroatoms. The minimum atomic E-state index is -3.46. The number of hydrogen-bond acceptors (Lipinski definition) is 4. The lowest BCUT2D eigenvalue weighted by Gasteiger charge is -2.30. The molecule has 0 spiro atoms. The molecule has 0 unspecified atom stereocenters. The number of piperidine rings is 1. The van der Waals surface area contributed by atoms with Gasteiger partial charge in [-0.2, -0.15) is 4.31 Å². The Kier molecular flexibility index (Phi) is 8.02. The van der Waals surface area contributed by atoms with E-state index in [0.29, 0.717) is 29.3 Å². The first-order valence-electron chi connectivity index (χ1n) is 8.08. The number of ether oxygens (including phenoxy) is 2. The second-order valence-electron chi connectivity index (χ2n) is 5.63. The summed E-state index contributed by atoms with van der Waals surface area (Å²) in [6, 6.07) is 5.11. The number of hydrogen-bond donors (Lipinski definition) is 0. The lowest BCUT2D eigenvalue weighted by atomic mass is 10.1. The van der Waals surface area contributed by atoms with Crippen molar-refractivity contribution in [3.63, 3.8) is 0 Å². The Morgan fingerprint density at radius 1 is 1.17 bits per heavy atom. The molecule has 1 heterocycles. The molecular weight excluding hydrogens is 314 g/mol. The standard InChI is InChI=1S/C14H21NO4S.C3H8/c1-11-13(19-3)5-4-6-14(11)20(16,17)15-9-7-12(18-2)8-10-15;1-3-2/h4-6,12H,7-10H2,1-3H3;3H2,1-2H3. The van der Waals surface area contributed by atoms with Crippen LogP contribution < -0.4 is 4.74 Å². The number of benzene rings is 1. The van der Waals surface area contributed by atoms with E-state index in [0.717, 1.165) is 12.8 Å². The van der Waals surface area contributed by atoms with Crippen LogP contribution in [0.25, 0.3) is 0 Å². The third kappa shape index (κ3) is 4.93. The average molecular weight is 343 g/mol. The Hall–Kier alpha value is -1.11. The summed E-state index contributed by atoms with van der Waals surface area (Å²) in [5.41, 5.74) is 0.656. The largest absolute Gasteiger partial charge is 0.496 e. The van der Waals surface area contributed by atoms with Crippen molar-refractivity contribution >= 4 is 10.0 Å². The molecule has 0 aliphatic carbocycles. The van der Waals surface area contributed by atoms with Crippen molar-refractivity contribution in [2.45, 2.75) is 51.0 Å². The third-order valence-electron chi connectivity index (χ3n) is 3.81. The van der Waals surface area contributed by atoms with Gasteiger partial charge in [0.2, 0.25) is 10.0 Å². The maximum absolute atomic E-state index is 12.7. The number of rotatable bonds is 4. The van der Waals surface area contributed by atoms with Crippen molar-refractivity contribution in [3.8, 4) is 5.75 Å². The summed E-state index contributed by atoms with van der Waals surface area (Å²) in [5, 5.41) is 0. The SMILES string of the molecule is CCC.COc1cccc(S(=O)(=O)N2CCC(OC)CC2)c1C. The highest BCUT2D eigenvalue weighted by atomic mass is 32.2. The summed E-state index contributed by atoms with van der Waals surface area (Å²) in [4.78, 5) is 0.327. The van der Waals surface area contributed by atoms with E-state index in [1.165, 1.54) is 10.7 Å². The molecule has 5 nitrogen and oxygen atoms in total. The van der Waals surface area contributed by atoms with Crippen molar-refractivity contribution in [3.05, 3.63) is 23.8 Å². The van der Waals surface area contributed by atoms with Crippen LogP contribution >= 0.6 is 0 Å². The van der Waals surface area contributed by atoms with E-state index in [2.05, 4.69) is 13.8 Å². The third-order valence-corrected chi connectivity index (χ3v) is 5.85. The summed E-state index contributed by atoms with van der Waals surface area (Å²) in [6.45, 7) is 7.02. The predicted molar refractivity (Wildman–Crippen MR) is 92.5 cm³/mol. The molecule has 1 aliphatic heterocycles. The molecule has 0 bridgehead atoms. The van der Waals surface area contributed by atoms with E-state index >= 15 is 0 Å². The minimum absolute atomic E-state index is 0.160. The van der Waals surface area contributed by atoms with Crippen LogP contribution in [0.2, 0.25) is 0 Å². The van der Waals surface area contributed by atoms with Gasteiger partial charge in [-0.25, -0.2) is 8.42 Å². The van der Waals surface area contributed by atoms with Crippen molar-refractivity contribution < 1.29 is 17.9 Å². The summed E-state index contributed by atoms with van der Waals surface area (Å²) in [7, 11) is -0.247. The molecule has 132 valence electrons. The van der Waals surface area contributed by atoms with Crippen LogP contribution in [0.1, 0.15) is 38.7 Å². The fourth-order valence-electron chi connectivity index (χ4n) is 2.54. The van der Waals surface area contributed by atoms with Gasteiger partial charge in [0.05, 0.1) is 18.1 Å². The van der Waals surface area contributed by atoms with Crippen LogP contribution in [0.4, 0.5) is 0 Å². The van der Waals surface area contributed by atoms with Crippen LogP contribution in [0.15, 0.2) is 23.1 Å². The fraction of sp³-hybridized carbons (Fsp3) is 0.647. The first-order valence-corrected chi connectivity index (χ1v) is 9.52. The van der Waals surface area contributed by atoms with Gasteiger partial charge >= 0.3 is 0 Å². The first kappa shape index (κ1) is 19.9. The summed E-state index contributed by atoms with van der Waals surface area (Å²) in [6.07, 6.45) is 2.88. The zero-order valence-electron chi connectivity index (χ0n) is 14.8. The Bertz CT molecular complexity index is 578. The van der Waals surface area contributed by atoms with Crippen LogP contribution in [0.5, 0.6) is 5.75 Å². The van der Waals surface area contributed by atoms with Gasteiger partial charge in [0, 0.05) is 25.8 Å². The Balaban J connectivity index is 0.000000816. The van der Waals surface area contributed by atoms with Gasteiger partial charge in [-0.05, 0) is 31.9 Å². The van der Waals surface area contributed by atoms with Gasteiger partial charge in [-0.15, -0.1) is 0 Å². The number of sulfonamides is 1. The van der Waals surface area contributed by atoms with Crippen LogP contribution in [0.3, 0.4) is 0 Å². The second kappa shape index (κ2) is 9.25. The lowest BCUT2D eigenvalue weighted by Crippen LogP contribution is -2.40. The maximum Gasteiger partial charge on any atom is 0.243 e. The predicted octanol–water partition coefficient (Wildman–Crippen LogP) is 3.22. The van der Waals surface area contributed by atoms with Gasteiger partial charge < -0.3 is 9.47 Å². The fourth-order valence-corrected chi connectivity index (χ4v) is 4.25. The number of methoxy groups -OCH3 is 2. The Morgan fingerprint density at radius 2 is 1.74 bits per heavy atom. The highest BCUT2D eigenvalue weighted by molar-refractivity contribution is 7.89. The minimum Gasteiger partial charge on any atom is -0.496 e. The van der Waals surface area contributed by atoms with Crippen LogP contribution in [-0.4, -0.2) is 46.1 Å². The molecule has 1 fully saturated rings. The van der Waals surface area contributed by atoms with Crippen molar-refractivity contribution in [1.29, 1.82) is 0 Å². The molecule has 0 aromatic heterocycles.